The van der Waals surface area contributed by atoms with E-state index in [0.29, 0.717) is 33.4 Å². The highest BCUT2D eigenvalue weighted by molar-refractivity contribution is 6.38. The molecule has 0 saturated carbocycles. The summed E-state index contributed by atoms with van der Waals surface area (Å²) in [5.74, 6) is 1.47. The lowest BCUT2D eigenvalue weighted by Gasteiger charge is -2.05. The minimum absolute atomic E-state index is 0.0793. The lowest BCUT2D eigenvalue weighted by Crippen LogP contribution is -2.21. The summed E-state index contributed by atoms with van der Waals surface area (Å²) in [6.45, 7) is 2.59. The quantitative estimate of drug-likeness (QED) is 0.484. The minimum Gasteiger partial charge on any atom is -0.494 e. The van der Waals surface area contributed by atoms with Crippen molar-refractivity contribution in [3.8, 4) is 17.1 Å². The highest BCUT2D eigenvalue weighted by Crippen LogP contribution is 2.24. The smallest absolute Gasteiger partial charge is 0.261 e. The zero-order chi connectivity index (χ0) is 19.7. The van der Waals surface area contributed by atoms with Gasteiger partial charge in [-0.3, -0.25) is 9.36 Å². The number of fused-ring (bicyclic) bond motifs is 1. The molecule has 2 heterocycles. The first kappa shape index (κ1) is 18.5. The second kappa shape index (κ2) is 7.61. The number of nitrogens with zero attached hydrogens (tertiary/aromatic N) is 4. The van der Waals surface area contributed by atoms with Gasteiger partial charge in [0, 0.05) is 10.6 Å². The van der Waals surface area contributed by atoms with Crippen LogP contribution in [0.2, 0.25) is 10.0 Å². The molecule has 2 aromatic carbocycles. The first-order valence-corrected chi connectivity index (χ1v) is 9.20. The summed E-state index contributed by atoms with van der Waals surface area (Å²) >= 11 is 12.1. The van der Waals surface area contributed by atoms with Crippen LogP contribution in [0.4, 0.5) is 0 Å². The molecule has 2 aromatic heterocycles. The molecule has 0 atom stereocenters. The molecule has 28 heavy (non-hydrogen) atoms. The summed E-state index contributed by atoms with van der Waals surface area (Å²) in [7, 11) is 0. The van der Waals surface area contributed by atoms with Crippen molar-refractivity contribution in [2.24, 2.45) is 0 Å². The number of benzene rings is 2. The molecule has 4 rings (SSSR count). The number of ether oxygens (including phenoxy) is 1. The van der Waals surface area contributed by atoms with E-state index in [1.807, 2.05) is 31.2 Å². The molecule has 0 fully saturated rings. The maximum absolute atomic E-state index is 12.7. The molecule has 0 spiro atoms. The van der Waals surface area contributed by atoms with Crippen LogP contribution in [-0.4, -0.2) is 26.3 Å². The molecule has 0 bridgehead atoms. The largest absolute Gasteiger partial charge is 0.494 e. The molecule has 0 unspecified atom stereocenters. The van der Waals surface area contributed by atoms with Gasteiger partial charge in [-0.05, 0) is 43.3 Å². The summed E-state index contributed by atoms with van der Waals surface area (Å²) in [6, 6.07) is 10.4. The third kappa shape index (κ3) is 3.58. The van der Waals surface area contributed by atoms with Crippen molar-refractivity contribution in [2.75, 3.05) is 6.61 Å². The van der Waals surface area contributed by atoms with Gasteiger partial charge in [0.2, 0.25) is 11.7 Å². The maximum Gasteiger partial charge on any atom is 0.261 e. The molecule has 9 heteroatoms. The van der Waals surface area contributed by atoms with Crippen LogP contribution in [0.25, 0.3) is 22.3 Å². The van der Waals surface area contributed by atoms with Crippen LogP contribution >= 0.6 is 23.2 Å². The Hall–Kier alpha value is -2.90. The average molecular weight is 417 g/mol. The van der Waals surface area contributed by atoms with Crippen LogP contribution in [0.5, 0.6) is 5.75 Å². The van der Waals surface area contributed by atoms with Gasteiger partial charge in [0.15, 0.2) is 0 Å². The summed E-state index contributed by atoms with van der Waals surface area (Å²) in [6.07, 6.45) is 1.39. The van der Waals surface area contributed by atoms with E-state index in [9.17, 15) is 4.79 Å². The number of aromatic nitrogens is 4. The standard InChI is InChI=1S/C19H14Cl2N4O3/c1-2-27-13-5-3-11(4-6-13)18-23-16(28-24-18)9-25-10-22-17-14(19(25)26)7-12(20)8-15(17)21/h3-8,10H,2,9H2,1H3. The highest BCUT2D eigenvalue weighted by Gasteiger charge is 2.13. The molecule has 0 N–H and O–H groups in total. The first-order valence-electron chi connectivity index (χ1n) is 8.45. The fourth-order valence-electron chi connectivity index (χ4n) is 2.76. The molecule has 4 aromatic rings. The van der Waals surface area contributed by atoms with Crippen molar-refractivity contribution in [3.63, 3.8) is 0 Å². The molecule has 0 amide bonds. The molecule has 7 nitrogen and oxygen atoms in total. The van der Waals surface area contributed by atoms with Gasteiger partial charge in [-0.2, -0.15) is 4.98 Å². The molecule has 142 valence electrons. The third-order valence-electron chi connectivity index (χ3n) is 4.04. The topological polar surface area (TPSA) is 83.0 Å². The monoisotopic (exact) mass is 416 g/mol. The molecular weight excluding hydrogens is 403 g/mol. The fourth-order valence-corrected chi connectivity index (χ4v) is 3.30. The van der Waals surface area contributed by atoms with Gasteiger partial charge >= 0.3 is 0 Å². The summed E-state index contributed by atoms with van der Waals surface area (Å²) in [5, 5.41) is 4.99. The van der Waals surface area contributed by atoms with Crippen LogP contribution in [0, 0.1) is 0 Å². The lowest BCUT2D eigenvalue weighted by atomic mass is 10.2. The Morgan fingerprint density at radius 3 is 2.71 bits per heavy atom. The number of hydrogen-bond donors (Lipinski definition) is 0. The van der Waals surface area contributed by atoms with Crippen LogP contribution in [0.1, 0.15) is 12.8 Å². The van der Waals surface area contributed by atoms with E-state index in [0.717, 1.165) is 11.3 Å². The van der Waals surface area contributed by atoms with Gasteiger partial charge in [0.25, 0.3) is 5.56 Å². The van der Waals surface area contributed by atoms with Crippen molar-refractivity contribution in [2.45, 2.75) is 13.5 Å². The van der Waals surface area contributed by atoms with Gasteiger partial charge in [0.05, 0.1) is 28.9 Å². The Kier molecular flexibility index (Phi) is 5.02. The van der Waals surface area contributed by atoms with Gasteiger partial charge in [0.1, 0.15) is 12.3 Å². The number of hydrogen-bond acceptors (Lipinski definition) is 6. The van der Waals surface area contributed by atoms with Crippen molar-refractivity contribution >= 4 is 34.1 Å². The Morgan fingerprint density at radius 2 is 1.96 bits per heavy atom. The molecule has 0 saturated heterocycles. The molecule has 0 radical (unpaired) electrons. The Labute approximate surface area is 169 Å². The first-order chi connectivity index (χ1) is 13.5. The Morgan fingerprint density at radius 1 is 1.18 bits per heavy atom. The second-order valence-corrected chi connectivity index (χ2v) is 6.77. The van der Waals surface area contributed by atoms with E-state index in [1.54, 1.807) is 6.07 Å². The minimum atomic E-state index is -0.296. The van der Waals surface area contributed by atoms with E-state index < -0.39 is 0 Å². The molecule has 0 aliphatic heterocycles. The normalized spacial score (nSPS) is 11.1. The third-order valence-corrected chi connectivity index (χ3v) is 4.55. The maximum atomic E-state index is 12.7. The van der Waals surface area contributed by atoms with Crippen LogP contribution < -0.4 is 10.3 Å². The Bertz CT molecular complexity index is 1200. The van der Waals surface area contributed by atoms with Crippen LogP contribution in [0.15, 0.2) is 52.0 Å². The van der Waals surface area contributed by atoms with Crippen molar-refractivity contribution in [3.05, 3.63) is 69.0 Å². The zero-order valence-electron chi connectivity index (χ0n) is 14.7. The summed E-state index contributed by atoms with van der Waals surface area (Å²) in [4.78, 5) is 21.3. The predicted octanol–water partition coefficient (Wildman–Crippen LogP) is 4.20. The fraction of sp³-hybridized carbons (Fsp3) is 0.158. The van der Waals surface area contributed by atoms with Crippen molar-refractivity contribution in [1.82, 2.24) is 19.7 Å². The van der Waals surface area contributed by atoms with E-state index in [1.165, 1.54) is 17.0 Å². The van der Waals surface area contributed by atoms with E-state index in [4.69, 9.17) is 32.5 Å². The highest BCUT2D eigenvalue weighted by atomic mass is 35.5. The molecule has 0 aliphatic rings. The summed E-state index contributed by atoms with van der Waals surface area (Å²) < 4.78 is 12.1. The SMILES string of the molecule is CCOc1ccc(-c2noc(Cn3cnc4c(Cl)cc(Cl)cc4c3=O)n2)cc1. The number of halogens is 2. The molecular formula is C19H14Cl2N4O3. The van der Waals surface area contributed by atoms with E-state index in [-0.39, 0.29) is 18.0 Å². The predicted molar refractivity (Wildman–Crippen MR) is 106 cm³/mol. The van der Waals surface area contributed by atoms with Gasteiger partial charge in [-0.25, -0.2) is 4.98 Å². The summed E-state index contributed by atoms with van der Waals surface area (Å²) in [5.41, 5.74) is 0.879. The second-order valence-electron chi connectivity index (χ2n) is 5.93. The Balaban J connectivity index is 1.62. The molecule has 0 aliphatic carbocycles. The average Bonchev–Trinajstić information content (AvgIpc) is 3.14. The lowest BCUT2D eigenvalue weighted by molar-refractivity contribution is 0.340. The van der Waals surface area contributed by atoms with Gasteiger partial charge < -0.3 is 9.26 Å². The van der Waals surface area contributed by atoms with Crippen molar-refractivity contribution < 1.29 is 9.26 Å². The van der Waals surface area contributed by atoms with Crippen LogP contribution in [-0.2, 0) is 6.54 Å². The van der Waals surface area contributed by atoms with Gasteiger partial charge in [-0.15, -0.1) is 0 Å². The zero-order valence-corrected chi connectivity index (χ0v) is 16.2. The van der Waals surface area contributed by atoms with Crippen molar-refractivity contribution in [1.29, 1.82) is 0 Å². The van der Waals surface area contributed by atoms with E-state index >= 15 is 0 Å². The van der Waals surface area contributed by atoms with Gasteiger partial charge in [-0.1, -0.05) is 28.4 Å². The van der Waals surface area contributed by atoms with Crippen LogP contribution in [0.3, 0.4) is 0 Å². The van der Waals surface area contributed by atoms with E-state index in [2.05, 4.69) is 15.1 Å². The number of rotatable bonds is 5.